The summed E-state index contributed by atoms with van der Waals surface area (Å²) in [6, 6.07) is 11.9. The second-order valence-corrected chi connectivity index (χ2v) is 5.21. The van der Waals surface area contributed by atoms with Crippen molar-refractivity contribution in [3.8, 4) is 0 Å². The molecule has 3 N–H and O–H groups in total. The molecule has 126 valence electrons. The maximum Gasteiger partial charge on any atom is 0.191 e. The minimum absolute atomic E-state index is 0. The van der Waals surface area contributed by atoms with Gasteiger partial charge in [0.05, 0.1) is 18.8 Å². The molecular weight excluding hydrogens is 405 g/mol. The van der Waals surface area contributed by atoms with Gasteiger partial charge in [-0.3, -0.25) is 4.99 Å². The third kappa shape index (κ3) is 5.54. The number of aliphatic hydroxyl groups excluding tert-OH is 1. The number of guanidine groups is 1. The van der Waals surface area contributed by atoms with Gasteiger partial charge in [0.25, 0.3) is 0 Å². The number of aliphatic hydroxyl groups is 1. The zero-order valence-electron chi connectivity index (χ0n) is 13.6. The normalized spacial score (nSPS) is 13.8. The van der Waals surface area contributed by atoms with Crippen molar-refractivity contribution in [1.29, 1.82) is 0 Å². The average Bonchev–Trinajstić information content (AvgIpc) is 3.05. The molecule has 0 aliphatic heterocycles. The van der Waals surface area contributed by atoms with E-state index in [0.29, 0.717) is 18.3 Å². The summed E-state index contributed by atoms with van der Waals surface area (Å²) in [7, 11) is 1.71. The summed E-state index contributed by atoms with van der Waals surface area (Å²) in [6.45, 7) is 4.50. The van der Waals surface area contributed by atoms with Gasteiger partial charge in [-0.05, 0) is 37.1 Å². The Balaban J connectivity index is 0.00000264. The molecule has 0 saturated carbocycles. The molecule has 23 heavy (non-hydrogen) atoms. The smallest absolute Gasteiger partial charge is 0.191 e. The Kier molecular flexibility index (Phi) is 8.11. The van der Waals surface area contributed by atoms with Gasteiger partial charge < -0.3 is 20.2 Å². The van der Waals surface area contributed by atoms with Crippen molar-refractivity contribution in [2.75, 3.05) is 13.6 Å². The SMILES string of the molecule is CN=C(NCC(O)c1ccco1)NC(C)c1ccccc1C.I. The Bertz CT molecular complexity index is 614. The molecule has 0 amide bonds. The fourth-order valence-corrected chi connectivity index (χ4v) is 2.32. The van der Waals surface area contributed by atoms with Gasteiger partial charge in [0, 0.05) is 7.05 Å². The van der Waals surface area contributed by atoms with Crippen molar-refractivity contribution in [1.82, 2.24) is 10.6 Å². The van der Waals surface area contributed by atoms with Crippen LogP contribution in [-0.4, -0.2) is 24.7 Å². The van der Waals surface area contributed by atoms with Crippen LogP contribution in [-0.2, 0) is 0 Å². The molecule has 2 rings (SSSR count). The Labute approximate surface area is 154 Å². The molecule has 0 fully saturated rings. The molecule has 1 aromatic carbocycles. The number of nitrogens with one attached hydrogen (secondary N) is 2. The van der Waals surface area contributed by atoms with Gasteiger partial charge in [-0.1, -0.05) is 24.3 Å². The molecule has 6 heteroatoms. The average molecular weight is 429 g/mol. The van der Waals surface area contributed by atoms with Crippen molar-refractivity contribution in [2.45, 2.75) is 26.0 Å². The highest BCUT2D eigenvalue weighted by atomic mass is 127. The summed E-state index contributed by atoms with van der Waals surface area (Å²) in [5.41, 5.74) is 2.45. The lowest BCUT2D eigenvalue weighted by Gasteiger charge is -2.20. The summed E-state index contributed by atoms with van der Waals surface area (Å²) in [5, 5.41) is 16.4. The number of rotatable bonds is 5. The van der Waals surface area contributed by atoms with Gasteiger partial charge in [0.2, 0.25) is 0 Å². The van der Waals surface area contributed by atoms with E-state index in [2.05, 4.69) is 41.6 Å². The van der Waals surface area contributed by atoms with E-state index in [0.717, 1.165) is 0 Å². The molecule has 0 saturated heterocycles. The first-order valence-corrected chi connectivity index (χ1v) is 7.36. The molecule has 0 bridgehead atoms. The summed E-state index contributed by atoms with van der Waals surface area (Å²) >= 11 is 0. The second-order valence-electron chi connectivity index (χ2n) is 5.21. The van der Waals surface area contributed by atoms with E-state index >= 15 is 0 Å². The number of aliphatic imine (C=N–C) groups is 1. The van der Waals surface area contributed by atoms with Crippen LogP contribution in [0, 0.1) is 6.92 Å². The Morgan fingerprint density at radius 3 is 2.61 bits per heavy atom. The van der Waals surface area contributed by atoms with Crippen LogP contribution in [0.1, 0.15) is 36.0 Å². The third-order valence-electron chi connectivity index (χ3n) is 3.57. The van der Waals surface area contributed by atoms with Crippen molar-refractivity contribution in [3.05, 3.63) is 59.5 Å². The number of halogens is 1. The monoisotopic (exact) mass is 429 g/mol. The number of benzene rings is 1. The molecule has 0 spiro atoms. The molecule has 5 nitrogen and oxygen atoms in total. The summed E-state index contributed by atoms with van der Waals surface area (Å²) < 4.78 is 5.18. The fourth-order valence-electron chi connectivity index (χ4n) is 2.32. The first kappa shape index (κ1) is 19.5. The van der Waals surface area contributed by atoms with Crippen LogP contribution in [0.25, 0.3) is 0 Å². The van der Waals surface area contributed by atoms with Crippen molar-refractivity contribution < 1.29 is 9.52 Å². The Morgan fingerprint density at radius 1 is 1.26 bits per heavy atom. The van der Waals surface area contributed by atoms with Crippen molar-refractivity contribution >= 4 is 29.9 Å². The van der Waals surface area contributed by atoms with Crippen LogP contribution in [0.15, 0.2) is 52.1 Å². The first-order valence-electron chi connectivity index (χ1n) is 7.36. The molecular formula is C17H24IN3O2. The number of hydrogen-bond acceptors (Lipinski definition) is 3. The van der Waals surface area contributed by atoms with Crippen molar-refractivity contribution in [3.63, 3.8) is 0 Å². The zero-order valence-corrected chi connectivity index (χ0v) is 15.9. The molecule has 1 aromatic heterocycles. The minimum atomic E-state index is -0.706. The highest BCUT2D eigenvalue weighted by Crippen LogP contribution is 2.16. The minimum Gasteiger partial charge on any atom is -0.467 e. The van der Waals surface area contributed by atoms with Crippen LogP contribution < -0.4 is 10.6 Å². The maximum absolute atomic E-state index is 10.0. The van der Waals surface area contributed by atoms with Crippen LogP contribution in [0.3, 0.4) is 0 Å². The zero-order chi connectivity index (χ0) is 15.9. The molecule has 2 atom stereocenters. The van der Waals surface area contributed by atoms with Crippen LogP contribution >= 0.6 is 24.0 Å². The summed E-state index contributed by atoms with van der Waals surface area (Å²) in [6.07, 6.45) is 0.841. The molecule has 2 unspecified atom stereocenters. The van der Waals surface area contributed by atoms with Gasteiger partial charge in [-0.2, -0.15) is 0 Å². The predicted octanol–water partition coefficient (Wildman–Crippen LogP) is 3.17. The number of hydrogen-bond donors (Lipinski definition) is 3. The lowest BCUT2D eigenvalue weighted by Crippen LogP contribution is -2.40. The Hall–Kier alpha value is -1.54. The molecule has 2 aromatic rings. The summed E-state index contributed by atoms with van der Waals surface area (Å²) in [4.78, 5) is 4.19. The highest BCUT2D eigenvalue weighted by Gasteiger charge is 2.13. The van der Waals surface area contributed by atoms with Crippen LogP contribution in [0.5, 0.6) is 0 Å². The largest absolute Gasteiger partial charge is 0.467 e. The van der Waals surface area contributed by atoms with E-state index in [1.165, 1.54) is 11.1 Å². The maximum atomic E-state index is 10.0. The molecule has 0 radical (unpaired) electrons. The molecule has 1 heterocycles. The van der Waals surface area contributed by atoms with Gasteiger partial charge in [-0.15, -0.1) is 24.0 Å². The molecule has 0 aliphatic rings. The quantitative estimate of drug-likeness (QED) is 0.388. The Morgan fingerprint density at radius 2 is 2.00 bits per heavy atom. The fraction of sp³-hybridized carbons (Fsp3) is 0.353. The summed E-state index contributed by atoms with van der Waals surface area (Å²) in [5.74, 6) is 1.18. The van der Waals surface area contributed by atoms with E-state index in [1.54, 1.807) is 25.4 Å². The van der Waals surface area contributed by atoms with Gasteiger partial charge in [0.15, 0.2) is 5.96 Å². The lowest BCUT2D eigenvalue weighted by atomic mass is 10.0. The van der Waals surface area contributed by atoms with E-state index in [4.69, 9.17) is 4.42 Å². The standard InChI is InChI=1S/C17H23N3O2.HI/c1-12-7-4-5-8-14(12)13(2)20-17(18-3)19-11-15(21)16-9-6-10-22-16;/h4-10,13,15,21H,11H2,1-3H3,(H2,18,19,20);1H. The van der Waals surface area contributed by atoms with Crippen molar-refractivity contribution in [2.24, 2.45) is 4.99 Å². The van der Waals surface area contributed by atoms with Gasteiger partial charge >= 0.3 is 0 Å². The van der Waals surface area contributed by atoms with E-state index in [1.807, 2.05) is 12.1 Å². The van der Waals surface area contributed by atoms with Crippen LogP contribution in [0.2, 0.25) is 0 Å². The predicted molar refractivity (Wildman–Crippen MR) is 103 cm³/mol. The number of aryl methyl sites for hydroxylation is 1. The second kappa shape index (κ2) is 9.57. The number of furan rings is 1. The van der Waals surface area contributed by atoms with Gasteiger partial charge in [0.1, 0.15) is 11.9 Å². The van der Waals surface area contributed by atoms with E-state index in [-0.39, 0.29) is 30.0 Å². The first-order chi connectivity index (χ1) is 10.6. The van der Waals surface area contributed by atoms with Gasteiger partial charge in [-0.25, -0.2) is 0 Å². The lowest BCUT2D eigenvalue weighted by molar-refractivity contribution is 0.152. The van der Waals surface area contributed by atoms with Crippen LogP contribution in [0.4, 0.5) is 0 Å². The number of nitrogens with zero attached hydrogens (tertiary/aromatic N) is 1. The topological polar surface area (TPSA) is 69.8 Å². The molecule has 0 aliphatic carbocycles. The highest BCUT2D eigenvalue weighted by molar-refractivity contribution is 14.0. The third-order valence-corrected chi connectivity index (χ3v) is 3.57. The van der Waals surface area contributed by atoms with E-state index < -0.39 is 6.10 Å². The van der Waals surface area contributed by atoms with E-state index in [9.17, 15) is 5.11 Å².